The number of aliphatic hydroxyl groups excluding tert-OH is 1. The van der Waals surface area contributed by atoms with Crippen LogP contribution in [0, 0.1) is 11.3 Å². The molecule has 1 unspecified atom stereocenters. The van der Waals surface area contributed by atoms with Crippen molar-refractivity contribution in [3.8, 4) is 6.07 Å². The zero-order valence-electron chi connectivity index (χ0n) is 10.3. The Bertz CT molecular complexity index is 423. The smallest absolute Gasteiger partial charge is 0.319 e. The van der Waals surface area contributed by atoms with Crippen molar-refractivity contribution in [2.24, 2.45) is 0 Å². The van der Waals surface area contributed by atoms with Gasteiger partial charge in [-0.05, 0) is 30.7 Å². The zero-order valence-corrected chi connectivity index (χ0v) is 10.3. The van der Waals surface area contributed by atoms with Crippen molar-refractivity contribution in [2.75, 3.05) is 11.9 Å². The van der Waals surface area contributed by atoms with Crippen LogP contribution in [0.2, 0.25) is 0 Å². The fourth-order valence-electron chi connectivity index (χ4n) is 1.45. The van der Waals surface area contributed by atoms with Crippen LogP contribution in [-0.2, 0) is 0 Å². The number of nitriles is 1. The van der Waals surface area contributed by atoms with Crippen LogP contribution < -0.4 is 10.6 Å². The number of carbonyl (C=O) groups excluding carboxylic acids is 1. The zero-order chi connectivity index (χ0) is 13.4. The topological polar surface area (TPSA) is 85.2 Å². The molecule has 0 spiro atoms. The molecule has 1 rings (SSSR count). The first-order valence-corrected chi connectivity index (χ1v) is 5.88. The van der Waals surface area contributed by atoms with Gasteiger partial charge in [-0.2, -0.15) is 5.26 Å². The van der Waals surface area contributed by atoms with Gasteiger partial charge in [0.05, 0.1) is 17.7 Å². The maximum Gasteiger partial charge on any atom is 0.319 e. The van der Waals surface area contributed by atoms with Gasteiger partial charge >= 0.3 is 6.03 Å². The first kappa shape index (κ1) is 14.0. The highest BCUT2D eigenvalue weighted by molar-refractivity contribution is 5.89. The molecule has 0 aliphatic heterocycles. The van der Waals surface area contributed by atoms with Crippen LogP contribution in [0.5, 0.6) is 0 Å². The van der Waals surface area contributed by atoms with Crippen molar-refractivity contribution < 1.29 is 9.90 Å². The molecule has 0 saturated carbocycles. The van der Waals surface area contributed by atoms with Gasteiger partial charge in [0.1, 0.15) is 0 Å². The van der Waals surface area contributed by atoms with Gasteiger partial charge in [-0.15, -0.1) is 0 Å². The van der Waals surface area contributed by atoms with Crippen LogP contribution in [0.15, 0.2) is 24.3 Å². The summed E-state index contributed by atoms with van der Waals surface area (Å²) in [7, 11) is 0. The average molecular weight is 247 g/mol. The number of amides is 2. The van der Waals surface area contributed by atoms with E-state index < -0.39 is 6.10 Å². The van der Waals surface area contributed by atoms with Crippen molar-refractivity contribution in [3.05, 3.63) is 29.8 Å². The molecule has 5 nitrogen and oxygen atoms in total. The molecule has 0 saturated heterocycles. The molecule has 1 aromatic rings. The van der Waals surface area contributed by atoms with E-state index in [1.165, 1.54) is 0 Å². The first-order valence-electron chi connectivity index (χ1n) is 5.88. The summed E-state index contributed by atoms with van der Waals surface area (Å²) in [5.74, 6) is 0. The second kappa shape index (κ2) is 7.30. The molecule has 5 heteroatoms. The second-order valence-electron chi connectivity index (χ2n) is 3.97. The number of nitrogens with one attached hydrogen (secondary N) is 2. The summed E-state index contributed by atoms with van der Waals surface area (Å²) in [6.07, 6.45) is 1.03. The molecule has 0 aliphatic rings. The summed E-state index contributed by atoms with van der Waals surface area (Å²) in [4.78, 5) is 11.5. The van der Waals surface area contributed by atoms with Crippen LogP contribution in [0.3, 0.4) is 0 Å². The number of hydrogen-bond acceptors (Lipinski definition) is 3. The Morgan fingerprint density at radius 2 is 2.11 bits per heavy atom. The SMILES string of the molecule is CCCC(O)CNC(=O)Nc1ccc(C#N)cc1. The molecule has 0 radical (unpaired) electrons. The lowest BCUT2D eigenvalue weighted by Crippen LogP contribution is -2.35. The lowest BCUT2D eigenvalue weighted by molar-refractivity contribution is 0.162. The standard InChI is InChI=1S/C13H17N3O2/c1-2-3-12(17)9-15-13(18)16-11-6-4-10(8-14)5-7-11/h4-7,12,17H,2-3,9H2,1H3,(H2,15,16,18). The molecular weight excluding hydrogens is 230 g/mol. The van der Waals surface area contributed by atoms with Crippen molar-refractivity contribution >= 4 is 11.7 Å². The third kappa shape index (κ3) is 4.85. The third-order valence-corrected chi connectivity index (χ3v) is 2.39. The molecule has 3 N–H and O–H groups in total. The number of hydrogen-bond donors (Lipinski definition) is 3. The number of benzene rings is 1. The van der Waals surface area contributed by atoms with Gasteiger partial charge in [-0.3, -0.25) is 0 Å². The molecule has 2 amide bonds. The Morgan fingerprint density at radius 3 is 2.67 bits per heavy atom. The lowest BCUT2D eigenvalue weighted by atomic mass is 10.2. The molecule has 1 aromatic carbocycles. The van der Waals surface area contributed by atoms with E-state index in [2.05, 4.69) is 10.6 Å². The molecular formula is C13H17N3O2. The first-order chi connectivity index (χ1) is 8.65. The Kier molecular flexibility index (Phi) is 5.68. The fourth-order valence-corrected chi connectivity index (χ4v) is 1.45. The minimum Gasteiger partial charge on any atom is -0.391 e. The summed E-state index contributed by atoms with van der Waals surface area (Å²) in [5, 5.41) is 23.3. The molecule has 0 bridgehead atoms. The van der Waals surface area contributed by atoms with Gasteiger partial charge in [0, 0.05) is 12.2 Å². The van der Waals surface area contributed by atoms with Gasteiger partial charge in [-0.25, -0.2) is 4.79 Å². The third-order valence-electron chi connectivity index (χ3n) is 2.39. The Balaban J connectivity index is 2.37. The number of nitrogens with zero attached hydrogens (tertiary/aromatic N) is 1. The van der Waals surface area contributed by atoms with E-state index in [-0.39, 0.29) is 12.6 Å². The summed E-state index contributed by atoms with van der Waals surface area (Å²) < 4.78 is 0. The number of rotatable bonds is 5. The highest BCUT2D eigenvalue weighted by Crippen LogP contribution is 2.08. The van der Waals surface area contributed by atoms with Crippen LogP contribution in [0.1, 0.15) is 25.3 Å². The summed E-state index contributed by atoms with van der Waals surface area (Å²) >= 11 is 0. The van der Waals surface area contributed by atoms with Crippen molar-refractivity contribution in [1.82, 2.24) is 5.32 Å². The van der Waals surface area contributed by atoms with Gasteiger partial charge < -0.3 is 15.7 Å². The predicted molar refractivity (Wildman–Crippen MR) is 69.1 cm³/mol. The molecule has 0 aliphatic carbocycles. The van der Waals surface area contributed by atoms with Gasteiger partial charge in [0.2, 0.25) is 0 Å². The highest BCUT2D eigenvalue weighted by atomic mass is 16.3. The van der Waals surface area contributed by atoms with Crippen LogP contribution in [0.25, 0.3) is 0 Å². The van der Waals surface area contributed by atoms with Crippen molar-refractivity contribution in [3.63, 3.8) is 0 Å². The van der Waals surface area contributed by atoms with Crippen molar-refractivity contribution in [2.45, 2.75) is 25.9 Å². The summed E-state index contributed by atoms with van der Waals surface area (Å²) in [6.45, 7) is 2.20. The van der Waals surface area contributed by atoms with E-state index in [4.69, 9.17) is 5.26 Å². The number of anilines is 1. The molecule has 0 heterocycles. The minimum atomic E-state index is -0.512. The summed E-state index contributed by atoms with van der Waals surface area (Å²) in [6, 6.07) is 8.19. The van der Waals surface area contributed by atoms with E-state index in [9.17, 15) is 9.90 Å². The fraction of sp³-hybridized carbons (Fsp3) is 0.385. The maximum absolute atomic E-state index is 11.5. The Hall–Kier alpha value is -2.06. The number of urea groups is 1. The van der Waals surface area contributed by atoms with E-state index in [1.54, 1.807) is 24.3 Å². The van der Waals surface area contributed by atoms with Crippen LogP contribution >= 0.6 is 0 Å². The lowest BCUT2D eigenvalue weighted by Gasteiger charge is -2.11. The second-order valence-corrected chi connectivity index (χ2v) is 3.97. The average Bonchev–Trinajstić information content (AvgIpc) is 2.38. The van der Waals surface area contributed by atoms with Gasteiger partial charge in [-0.1, -0.05) is 13.3 Å². The molecule has 0 fully saturated rings. The number of carbonyl (C=O) groups is 1. The highest BCUT2D eigenvalue weighted by Gasteiger charge is 2.06. The van der Waals surface area contributed by atoms with Crippen molar-refractivity contribution in [1.29, 1.82) is 5.26 Å². The van der Waals surface area contributed by atoms with E-state index in [1.807, 2.05) is 13.0 Å². The van der Waals surface area contributed by atoms with Gasteiger partial charge in [0.25, 0.3) is 0 Å². The summed E-state index contributed by atoms with van der Waals surface area (Å²) in [5.41, 5.74) is 1.15. The minimum absolute atomic E-state index is 0.232. The van der Waals surface area contributed by atoms with E-state index >= 15 is 0 Å². The van der Waals surface area contributed by atoms with Crippen LogP contribution in [0.4, 0.5) is 10.5 Å². The predicted octanol–water partition coefficient (Wildman–Crippen LogP) is 1.84. The molecule has 18 heavy (non-hydrogen) atoms. The largest absolute Gasteiger partial charge is 0.391 e. The maximum atomic E-state index is 11.5. The molecule has 1 atom stereocenters. The number of aliphatic hydroxyl groups is 1. The Morgan fingerprint density at radius 1 is 1.44 bits per heavy atom. The van der Waals surface area contributed by atoms with Crippen LogP contribution in [-0.4, -0.2) is 23.8 Å². The quantitative estimate of drug-likeness (QED) is 0.742. The van der Waals surface area contributed by atoms with E-state index in [0.717, 1.165) is 6.42 Å². The Labute approximate surface area is 106 Å². The molecule has 96 valence electrons. The van der Waals surface area contributed by atoms with Gasteiger partial charge in [0.15, 0.2) is 0 Å². The molecule has 0 aromatic heterocycles. The normalized spacial score (nSPS) is 11.4. The monoisotopic (exact) mass is 247 g/mol. The van der Waals surface area contributed by atoms with E-state index in [0.29, 0.717) is 17.7 Å².